The Labute approximate surface area is 157 Å². The van der Waals surface area contributed by atoms with Crippen LogP contribution in [0.3, 0.4) is 0 Å². The maximum Gasteiger partial charge on any atom is 0.266 e. The van der Waals surface area contributed by atoms with Crippen LogP contribution in [0, 0.1) is 5.92 Å². The summed E-state index contributed by atoms with van der Waals surface area (Å²) in [5.74, 6) is 0.832. The highest BCUT2D eigenvalue weighted by molar-refractivity contribution is 5.92. The number of piperidine rings is 1. The van der Waals surface area contributed by atoms with Crippen molar-refractivity contribution in [3.8, 4) is 0 Å². The van der Waals surface area contributed by atoms with Gasteiger partial charge in [-0.1, -0.05) is 25.1 Å². The highest BCUT2D eigenvalue weighted by atomic mass is 16.3. The van der Waals surface area contributed by atoms with E-state index in [0.717, 1.165) is 18.5 Å². The second-order valence-electron chi connectivity index (χ2n) is 7.50. The summed E-state index contributed by atoms with van der Waals surface area (Å²) in [4.78, 5) is 28.8. The Kier molecular flexibility index (Phi) is 4.47. The zero-order valence-electron chi connectivity index (χ0n) is 15.6. The van der Waals surface area contributed by atoms with Crippen molar-refractivity contribution in [2.24, 2.45) is 13.0 Å². The SMILES string of the molecule is CC1CCCN(C(=O)[C@@H]2[C@H](O)c3ccccc3N2c2ccc(=O)n(C)n2)C1. The molecule has 4 rings (SSSR count). The van der Waals surface area contributed by atoms with E-state index in [9.17, 15) is 14.7 Å². The predicted molar refractivity (Wildman–Crippen MR) is 102 cm³/mol. The molecule has 2 aliphatic rings. The fourth-order valence-electron chi connectivity index (χ4n) is 4.12. The summed E-state index contributed by atoms with van der Waals surface area (Å²) < 4.78 is 1.24. The number of carbonyl (C=O) groups excluding carboxylic acids is 1. The van der Waals surface area contributed by atoms with E-state index in [-0.39, 0.29) is 11.5 Å². The second kappa shape index (κ2) is 6.81. The first kappa shape index (κ1) is 17.7. The molecule has 142 valence electrons. The number of aliphatic hydroxyl groups excluding tert-OH is 1. The number of aryl methyl sites for hydroxylation is 1. The van der Waals surface area contributed by atoms with Crippen LogP contribution in [0.1, 0.15) is 31.4 Å². The summed E-state index contributed by atoms with van der Waals surface area (Å²) in [7, 11) is 1.58. The van der Waals surface area contributed by atoms with Crippen LogP contribution in [-0.2, 0) is 11.8 Å². The van der Waals surface area contributed by atoms with Gasteiger partial charge < -0.3 is 14.9 Å². The molecule has 27 heavy (non-hydrogen) atoms. The third-order valence-corrected chi connectivity index (χ3v) is 5.51. The van der Waals surface area contributed by atoms with Gasteiger partial charge in [-0.25, -0.2) is 4.68 Å². The maximum absolute atomic E-state index is 13.4. The molecule has 0 radical (unpaired) electrons. The molecule has 7 nitrogen and oxygen atoms in total. The molecule has 0 spiro atoms. The molecule has 1 aromatic heterocycles. The van der Waals surface area contributed by atoms with Crippen LogP contribution in [0.15, 0.2) is 41.2 Å². The van der Waals surface area contributed by atoms with Crippen LogP contribution < -0.4 is 10.5 Å². The molecule has 0 aliphatic carbocycles. The number of aliphatic hydroxyl groups is 1. The fourth-order valence-corrected chi connectivity index (χ4v) is 4.12. The van der Waals surface area contributed by atoms with Crippen molar-refractivity contribution in [3.63, 3.8) is 0 Å². The van der Waals surface area contributed by atoms with E-state index in [0.29, 0.717) is 30.4 Å². The van der Waals surface area contributed by atoms with E-state index in [1.807, 2.05) is 29.2 Å². The van der Waals surface area contributed by atoms with Gasteiger partial charge in [0, 0.05) is 37.5 Å². The van der Waals surface area contributed by atoms with Gasteiger partial charge >= 0.3 is 0 Å². The lowest BCUT2D eigenvalue weighted by molar-refractivity contribution is -0.136. The average Bonchev–Trinajstić information content (AvgIpc) is 2.96. The number of likely N-dealkylation sites (tertiary alicyclic amines) is 1. The van der Waals surface area contributed by atoms with Crippen molar-refractivity contribution in [3.05, 3.63) is 52.3 Å². The molecule has 2 aromatic rings. The monoisotopic (exact) mass is 368 g/mol. The molecular weight excluding hydrogens is 344 g/mol. The summed E-state index contributed by atoms with van der Waals surface area (Å²) in [6.07, 6.45) is 1.15. The lowest BCUT2D eigenvalue weighted by Crippen LogP contribution is -2.50. The number of amides is 1. The Hall–Kier alpha value is -2.67. The Morgan fingerprint density at radius 3 is 2.74 bits per heavy atom. The van der Waals surface area contributed by atoms with E-state index in [1.54, 1.807) is 18.0 Å². The topological polar surface area (TPSA) is 78.7 Å². The van der Waals surface area contributed by atoms with Crippen molar-refractivity contribution in [2.75, 3.05) is 18.0 Å². The van der Waals surface area contributed by atoms with Gasteiger partial charge in [0.25, 0.3) is 5.56 Å². The average molecular weight is 368 g/mol. The van der Waals surface area contributed by atoms with Crippen molar-refractivity contribution >= 4 is 17.4 Å². The van der Waals surface area contributed by atoms with Crippen LogP contribution in [0.2, 0.25) is 0 Å². The van der Waals surface area contributed by atoms with Gasteiger partial charge in [0.05, 0.1) is 0 Å². The molecule has 3 atom stereocenters. The number of hydrogen-bond donors (Lipinski definition) is 1. The zero-order chi connectivity index (χ0) is 19.1. The van der Waals surface area contributed by atoms with Crippen molar-refractivity contribution in [2.45, 2.75) is 31.9 Å². The number of benzene rings is 1. The van der Waals surface area contributed by atoms with Gasteiger partial charge in [0.1, 0.15) is 12.1 Å². The molecule has 1 aromatic carbocycles. The maximum atomic E-state index is 13.4. The number of carbonyl (C=O) groups is 1. The quantitative estimate of drug-likeness (QED) is 0.871. The van der Waals surface area contributed by atoms with Crippen LogP contribution in [-0.4, -0.2) is 44.8 Å². The molecule has 1 amide bonds. The molecule has 0 saturated carbocycles. The third kappa shape index (κ3) is 3.02. The second-order valence-corrected chi connectivity index (χ2v) is 7.50. The Morgan fingerprint density at radius 1 is 1.22 bits per heavy atom. The Morgan fingerprint density at radius 2 is 2.00 bits per heavy atom. The highest BCUT2D eigenvalue weighted by Gasteiger charge is 2.45. The molecule has 1 saturated heterocycles. The molecule has 0 bridgehead atoms. The number of hydrogen-bond acceptors (Lipinski definition) is 5. The Bertz CT molecular complexity index is 925. The smallest absolute Gasteiger partial charge is 0.266 e. The van der Waals surface area contributed by atoms with Gasteiger partial charge in [0.2, 0.25) is 5.91 Å². The lowest BCUT2D eigenvalue weighted by Gasteiger charge is -2.36. The van der Waals surface area contributed by atoms with Gasteiger partial charge in [-0.3, -0.25) is 9.59 Å². The summed E-state index contributed by atoms with van der Waals surface area (Å²) in [5, 5.41) is 15.3. The van der Waals surface area contributed by atoms with Gasteiger partial charge in [-0.15, -0.1) is 0 Å². The number of nitrogens with zero attached hydrogens (tertiary/aromatic N) is 4. The van der Waals surface area contributed by atoms with E-state index >= 15 is 0 Å². The number of anilines is 2. The largest absolute Gasteiger partial charge is 0.386 e. The molecule has 2 aliphatic heterocycles. The third-order valence-electron chi connectivity index (χ3n) is 5.51. The van der Waals surface area contributed by atoms with Crippen LogP contribution in [0.25, 0.3) is 0 Å². The fraction of sp³-hybridized carbons (Fsp3) is 0.450. The number of aromatic nitrogens is 2. The van der Waals surface area contributed by atoms with E-state index in [2.05, 4.69) is 12.0 Å². The number of rotatable bonds is 2. The standard InChI is InChI=1S/C20H24N4O3/c1-13-6-5-11-23(12-13)20(27)18-19(26)14-7-3-4-8-15(14)24(18)16-9-10-17(25)22(2)21-16/h3-4,7-10,13,18-19,26H,5-6,11-12H2,1-2H3/t13?,18-,19+/m0/s1. The van der Waals surface area contributed by atoms with Crippen molar-refractivity contribution in [1.29, 1.82) is 0 Å². The van der Waals surface area contributed by atoms with E-state index in [4.69, 9.17) is 0 Å². The zero-order valence-corrected chi connectivity index (χ0v) is 15.6. The highest BCUT2D eigenvalue weighted by Crippen LogP contribution is 2.44. The summed E-state index contributed by atoms with van der Waals surface area (Å²) >= 11 is 0. The Balaban J connectivity index is 1.77. The van der Waals surface area contributed by atoms with Gasteiger partial charge in [-0.05, 0) is 30.9 Å². The minimum Gasteiger partial charge on any atom is -0.386 e. The molecular formula is C20H24N4O3. The van der Waals surface area contributed by atoms with Crippen LogP contribution >= 0.6 is 0 Å². The van der Waals surface area contributed by atoms with E-state index in [1.165, 1.54) is 10.7 Å². The molecule has 1 N–H and O–H groups in total. The first-order valence-electron chi connectivity index (χ1n) is 9.36. The number of para-hydroxylation sites is 1. The first-order chi connectivity index (χ1) is 13.0. The molecule has 1 fully saturated rings. The minimum absolute atomic E-state index is 0.0964. The normalized spacial score (nSPS) is 24.8. The van der Waals surface area contributed by atoms with E-state index < -0.39 is 12.1 Å². The lowest BCUT2D eigenvalue weighted by atomic mass is 9.98. The van der Waals surface area contributed by atoms with Crippen molar-refractivity contribution < 1.29 is 9.90 Å². The predicted octanol–water partition coefficient (Wildman–Crippen LogP) is 1.59. The van der Waals surface area contributed by atoms with Crippen LogP contribution in [0.4, 0.5) is 11.5 Å². The molecule has 7 heteroatoms. The van der Waals surface area contributed by atoms with Crippen molar-refractivity contribution in [1.82, 2.24) is 14.7 Å². The summed E-state index contributed by atoms with van der Waals surface area (Å²) in [6.45, 7) is 3.55. The first-order valence-corrected chi connectivity index (χ1v) is 9.36. The number of fused-ring (bicyclic) bond motifs is 1. The summed E-state index contributed by atoms with van der Waals surface area (Å²) in [5.41, 5.74) is 1.23. The summed E-state index contributed by atoms with van der Waals surface area (Å²) in [6, 6.07) is 9.69. The van der Waals surface area contributed by atoms with Gasteiger partial charge in [-0.2, -0.15) is 5.10 Å². The van der Waals surface area contributed by atoms with Gasteiger partial charge in [0.15, 0.2) is 5.82 Å². The molecule has 3 heterocycles. The minimum atomic E-state index is -0.940. The molecule has 1 unspecified atom stereocenters. The van der Waals surface area contributed by atoms with Crippen LogP contribution in [0.5, 0.6) is 0 Å².